The number of fused-ring (bicyclic) bond motifs is 2. The average Bonchev–Trinajstić information content (AvgIpc) is 2.93. The summed E-state index contributed by atoms with van der Waals surface area (Å²) >= 11 is 0. The van der Waals surface area contributed by atoms with Crippen molar-refractivity contribution in [2.75, 3.05) is 19.0 Å². The molecule has 0 unspecified atom stereocenters. The number of aryl methyl sites for hydroxylation is 1. The first-order valence-electron chi connectivity index (χ1n) is 7.49. The normalized spacial score (nSPS) is 11.3. The zero-order chi connectivity index (χ0) is 16.0. The summed E-state index contributed by atoms with van der Waals surface area (Å²) in [7, 11) is 5.83. The van der Waals surface area contributed by atoms with Gasteiger partial charge in [0.25, 0.3) is 0 Å². The Bertz CT molecular complexity index is 1020. The van der Waals surface area contributed by atoms with Crippen molar-refractivity contribution in [3.05, 3.63) is 48.8 Å². The Kier molecular flexibility index (Phi) is 3.01. The van der Waals surface area contributed by atoms with Crippen LogP contribution in [0, 0.1) is 0 Å². The topological polar surface area (TPSA) is 46.8 Å². The van der Waals surface area contributed by atoms with E-state index in [4.69, 9.17) is 0 Å². The standard InChI is InChI=1S/C18H17N5/c1-22(2)18-19-10-14-9-12(7-8-16(14)20-18)15-6-4-5-13-11-23(3)21-17(13)15/h4-11H,1-3H3. The minimum absolute atomic E-state index is 0.720. The number of hydrogen-bond acceptors (Lipinski definition) is 4. The minimum atomic E-state index is 0.720. The minimum Gasteiger partial charge on any atom is -0.347 e. The van der Waals surface area contributed by atoms with Crippen molar-refractivity contribution in [1.29, 1.82) is 0 Å². The molecule has 0 spiro atoms. The van der Waals surface area contributed by atoms with Crippen molar-refractivity contribution in [2.24, 2.45) is 7.05 Å². The van der Waals surface area contributed by atoms with E-state index < -0.39 is 0 Å². The molecule has 2 aromatic heterocycles. The van der Waals surface area contributed by atoms with Crippen LogP contribution in [0.5, 0.6) is 0 Å². The van der Waals surface area contributed by atoms with Crippen LogP contribution < -0.4 is 4.90 Å². The molecule has 5 nitrogen and oxygen atoms in total. The van der Waals surface area contributed by atoms with Gasteiger partial charge in [-0.15, -0.1) is 0 Å². The van der Waals surface area contributed by atoms with E-state index in [2.05, 4.69) is 45.4 Å². The second kappa shape index (κ2) is 5.05. The SMILES string of the molecule is CN(C)c1ncc2cc(-c3cccc4cn(C)nc34)ccc2n1. The van der Waals surface area contributed by atoms with Crippen LogP contribution in [0.3, 0.4) is 0 Å². The lowest BCUT2D eigenvalue weighted by Gasteiger charge is -2.10. The molecule has 0 N–H and O–H groups in total. The molecule has 0 saturated carbocycles. The van der Waals surface area contributed by atoms with Crippen molar-refractivity contribution in [3.8, 4) is 11.1 Å². The van der Waals surface area contributed by atoms with Gasteiger partial charge in [-0.2, -0.15) is 5.10 Å². The molecule has 0 amide bonds. The molecule has 0 atom stereocenters. The first-order valence-corrected chi connectivity index (χ1v) is 7.49. The lowest BCUT2D eigenvalue weighted by Crippen LogP contribution is -2.12. The molecule has 2 aromatic carbocycles. The maximum absolute atomic E-state index is 4.59. The van der Waals surface area contributed by atoms with Crippen molar-refractivity contribution in [2.45, 2.75) is 0 Å². The van der Waals surface area contributed by atoms with Crippen molar-refractivity contribution in [3.63, 3.8) is 0 Å². The van der Waals surface area contributed by atoms with Gasteiger partial charge >= 0.3 is 0 Å². The van der Waals surface area contributed by atoms with Crippen LogP contribution in [0.2, 0.25) is 0 Å². The third-order valence-corrected chi connectivity index (χ3v) is 3.93. The first-order chi connectivity index (χ1) is 11.1. The molecule has 0 aliphatic carbocycles. The summed E-state index contributed by atoms with van der Waals surface area (Å²) in [6, 6.07) is 12.5. The zero-order valence-electron chi connectivity index (χ0n) is 13.4. The summed E-state index contributed by atoms with van der Waals surface area (Å²) in [6.45, 7) is 0. The smallest absolute Gasteiger partial charge is 0.225 e. The van der Waals surface area contributed by atoms with Gasteiger partial charge in [0.05, 0.1) is 5.52 Å². The van der Waals surface area contributed by atoms with E-state index in [9.17, 15) is 0 Å². The van der Waals surface area contributed by atoms with Crippen LogP contribution in [0.1, 0.15) is 0 Å². The number of benzene rings is 2. The number of anilines is 1. The Morgan fingerprint density at radius 3 is 2.74 bits per heavy atom. The lowest BCUT2D eigenvalue weighted by atomic mass is 10.0. The fraction of sp³-hybridized carbons (Fsp3) is 0.167. The quantitative estimate of drug-likeness (QED) is 0.570. The highest BCUT2D eigenvalue weighted by atomic mass is 15.2. The monoisotopic (exact) mass is 303 g/mol. The zero-order valence-corrected chi connectivity index (χ0v) is 13.4. The molecule has 0 fully saturated rings. The predicted molar refractivity (Wildman–Crippen MR) is 93.6 cm³/mol. The molecular weight excluding hydrogens is 286 g/mol. The molecule has 0 aliphatic rings. The Labute approximate surface area is 134 Å². The van der Waals surface area contributed by atoms with Crippen LogP contribution in [-0.2, 0) is 7.05 Å². The summed E-state index contributed by atoms with van der Waals surface area (Å²) < 4.78 is 1.85. The van der Waals surface area contributed by atoms with E-state index >= 15 is 0 Å². The third kappa shape index (κ3) is 2.30. The van der Waals surface area contributed by atoms with E-state index in [1.807, 2.05) is 49.2 Å². The van der Waals surface area contributed by atoms with E-state index in [0.29, 0.717) is 0 Å². The average molecular weight is 303 g/mol. The van der Waals surface area contributed by atoms with Crippen LogP contribution in [0.25, 0.3) is 32.9 Å². The summed E-state index contributed by atoms with van der Waals surface area (Å²) in [5.74, 6) is 0.720. The number of rotatable bonds is 2. The van der Waals surface area contributed by atoms with Gasteiger partial charge in [0.15, 0.2) is 0 Å². The summed E-state index contributed by atoms with van der Waals surface area (Å²) in [6.07, 6.45) is 3.91. The number of nitrogens with zero attached hydrogens (tertiary/aromatic N) is 5. The number of hydrogen-bond donors (Lipinski definition) is 0. The highest BCUT2D eigenvalue weighted by Crippen LogP contribution is 2.29. The highest BCUT2D eigenvalue weighted by Gasteiger charge is 2.09. The van der Waals surface area contributed by atoms with E-state index in [0.717, 1.165) is 38.9 Å². The maximum Gasteiger partial charge on any atom is 0.225 e. The van der Waals surface area contributed by atoms with Crippen molar-refractivity contribution >= 4 is 27.8 Å². The predicted octanol–water partition coefficient (Wildman–Crippen LogP) is 3.25. The molecule has 114 valence electrons. The van der Waals surface area contributed by atoms with Gasteiger partial charge in [0.2, 0.25) is 5.95 Å². The second-order valence-corrected chi connectivity index (χ2v) is 5.88. The molecule has 5 heteroatoms. The summed E-state index contributed by atoms with van der Waals surface area (Å²) in [4.78, 5) is 10.9. The molecule has 0 radical (unpaired) electrons. The van der Waals surface area contributed by atoms with Crippen molar-refractivity contribution < 1.29 is 0 Å². The Morgan fingerprint density at radius 2 is 1.91 bits per heavy atom. The first kappa shape index (κ1) is 13.7. The molecule has 4 aromatic rings. The van der Waals surface area contributed by atoms with E-state index in [1.165, 1.54) is 0 Å². The van der Waals surface area contributed by atoms with Crippen LogP contribution in [0.4, 0.5) is 5.95 Å². The lowest BCUT2D eigenvalue weighted by molar-refractivity contribution is 0.780. The Hall–Kier alpha value is -2.95. The second-order valence-electron chi connectivity index (χ2n) is 5.88. The molecule has 0 bridgehead atoms. The molecule has 0 saturated heterocycles. The van der Waals surface area contributed by atoms with Crippen LogP contribution >= 0.6 is 0 Å². The summed E-state index contributed by atoms with van der Waals surface area (Å²) in [5.41, 5.74) is 4.21. The van der Waals surface area contributed by atoms with E-state index in [-0.39, 0.29) is 0 Å². The Balaban J connectivity index is 1.89. The molecular formula is C18H17N5. The van der Waals surface area contributed by atoms with Crippen molar-refractivity contribution in [1.82, 2.24) is 19.7 Å². The third-order valence-electron chi connectivity index (χ3n) is 3.93. The van der Waals surface area contributed by atoms with Gasteiger partial charge < -0.3 is 4.90 Å². The van der Waals surface area contributed by atoms with Crippen LogP contribution in [-0.4, -0.2) is 33.8 Å². The van der Waals surface area contributed by atoms with Gasteiger partial charge in [0, 0.05) is 49.9 Å². The fourth-order valence-electron chi connectivity index (χ4n) is 2.80. The highest BCUT2D eigenvalue weighted by molar-refractivity contribution is 5.96. The van der Waals surface area contributed by atoms with Gasteiger partial charge in [0.1, 0.15) is 5.52 Å². The summed E-state index contributed by atoms with van der Waals surface area (Å²) in [5, 5.41) is 6.76. The maximum atomic E-state index is 4.59. The van der Waals surface area contributed by atoms with E-state index in [1.54, 1.807) is 0 Å². The Morgan fingerprint density at radius 1 is 1.04 bits per heavy atom. The van der Waals surface area contributed by atoms with Gasteiger partial charge in [-0.3, -0.25) is 4.68 Å². The number of aromatic nitrogens is 4. The van der Waals surface area contributed by atoms with Gasteiger partial charge in [-0.25, -0.2) is 9.97 Å². The largest absolute Gasteiger partial charge is 0.347 e. The molecule has 0 aliphatic heterocycles. The van der Waals surface area contributed by atoms with Gasteiger partial charge in [-0.05, 0) is 17.7 Å². The fourth-order valence-corrected chi connectivity index (χ4v) is 2.80. The molecule has 23 heavy (non-hydrogen) atoms. The van der Waals surface area contributed by atoms with Gasteiger partial charge in [-0.1, -0.05) is 24.3 Å². The molecule has 4 rings (SSSR count). The van der Waals surface area contributed by atoms with Crippen LogP contribution in [0.15, 0.2) is 48.8 Å². The molecule has 2 heterocycles.